The van der Waals surface area contributed by atoms with E-state index in [4.69, 9.17) is 0 Å². The summed E-state index contributed by atoms with van der Waals surface area (Å²) in [6, 6.07) is 0. The van der Waals surface area contributed by atoms with Crippen molar-refractivity contribution in [3.8, 4) is 0 Å². The molecule has 1 saturated heterocycles. The van der Waals surface area contributed by atoms with E-state index < -0.39 is 16.9 Å². The molecule has 4 heteroatoms. The Labute approximate surface area is 100 Å². The maximum absolute atomic E-state index is 10.6. The van der Waals surface area contributed by atoms with Crippen LogP contribution in [0.3, 0.4) is 0 Å². The van der Waals surface area contributed by atoms with Crippen LogP contribution in [0.2, 0.25) is 0 Å². The Hall–Kier alpha value is 1.75. The molecule has 2 nitrogen and oxygen atoms in total. The summed E-state index contributed by atoms with van der Waals surface area (Å²) < 4.78 is 10.6. The summed E-state index contributed by atoms with van der Waals surface area (Å²) in [5, 5.41) is 10.6. The maximum Gasteiger partial charge on any atom is 1.00 e. The van der Waals surface area contributed by atoms with Gasteiger partial charge in [-0.15, -0.1) is 6.10 Å². The molecule has 1 rings (SSSR count). The summed E-state index contributed by atoms with van der Waals surface area (Å²) in [4.78, 5) is 0. The van der Waals surface area contributed by atoms with E-state index in [-0.39, 0.29) is 51.4 Å². The monoisotopic (exact) mass is 172 g/mol. The summed E-state index contributed by atoms with van der Waals surface area (Å²) in [5.41, 5.74) is 0. The largest absolute Gasteiger partial charge is 1.00 e. The van der Waals surface area contributed by atoms with Gasteiger partial charge < -0.3 is 5.11 Å². The second kappa shape index (κ2) is 5.40. The minimum atomic E-state index is -0.783. The van der Waals surface area contributed by atoms with Crippen LogP contribution in [0, 0.1) is 0 Å². The number of hydrogen-bond donors (Lipinski definition) is 0. The van der Waals surface area contributed by atoms with Crippen LogP contribution in [0.4, 0.5) is 0 Å². The topological polar surface area (TPSA) is 40.1 Å². The van der Waals surface area contributed by atoms with Crippen molar-refractivity contribution in [3.63, 3.8) is 0 Å². The van der Waals surface area contributed by atoms with Gasteiger partial charge in [0.15, 0.2) is 0 Å². The minimum absolute atomic E-state index is 0. The smallest absolute Gasteiger partial charge is 0.851 e. The van der Waals surface area contributed by atoms with E-state index in [9.17, 15) is 9.32 Å². The fraction of sp³-hybridized carbons (Fsp3) is 1.00. The molecule has 48 valence electrons. The quantitative estimate of drug-likeness (QED) is 0.352. The summed E-state index contributed by atoms with van der Waals surface area (Å²) in [6.45, 7) is 0. The second-order valence-corrected chi connectivity index (χ2v) is 3.70. The van der Waals surface area contributed by atoms with Gasteiger partial charge in [-0.3, -0.25) is 4.21 Å². The van der Waals surface area contributed by atoms with E-state index in [1.54, 1.807) is 0 Å². The van der Waals surface area contributed by atoms with Crippen molar-refractivity contribution >= 4 is 10.8 Å². The van der Waals surface area contributed by atoms with E-state index in [1.807, 2.05) is 0 Å². The SMILES string of the molecule is O=S1CCCC([O-])C1.[K+]. The predicted octanol–water partition coefficient (Wildman–Crippen LogP) is -3.74. The molecule has 0 radical (unpaired) electrons. The van der Waals surface area contributed by atoms with Crippen LogP contribution in [-0.4, -0.2) is 21.8 Å². The molecular formula is C5H9KO2S. The average Bonchev–Trinajstić information content (AvgIpc) is 1.64. The molecule has 0 amide bonds. The van der Waals surface area contributed by atoms with Gasteiger partial charge in [-0.05, 0) is 6.42 Å². The van der Waals surface area contributed by atoms with E-state index in [1.165, 1.54) is 0 Å². The van der Waals surface area contributed by atoms with Crippen LogP contribution in [0.25, 0.3) is 0 Å². The summed E-state index contributed by atoms with van der Waals surface area (Å²) in [6.07, 6.45) is 1.05. The van der Waals surface area contributed by atoms with Gasteiger partial charge in [-0.2, -0.15) is 0 Å². The molecule has 1 fully saturated rings. The van der Waals surface area contributed by atoms with Gasteiger partial charge >= 0.3 is 51.4 Å². The van der Waals surface area contributed by atoms with Crippen molar-refractivity contribution in [1.82, 2.24) is 0 Å². The first kappa shape index (κ1) is 10.7. The molecule has 1 heterocycles. The molecule has 0 spiro atoms. The molecule has 0 aliphatic carbocycles. The van der Waals surface area contributed by atoms with Crippen molar-refractivity contribution < 1.29 is 60.7 Å². The molecular weight excluding hydrogens is 163 g/mol. The zero-order chi connectivity index (χ0) is 5.98. The third kappa shape index (κ3) is 4.24. The van der Waals surface area contributed by atoms with Crippen LogP contribution in [0.15, 0.2) is 0 Å². The van der Waals surface area contributed by atoms with Gasteiger partial charge in [0.2, 0.25) is 0 Å². The fourth-order valence-electron chi connectivity index (χ4n) is 0.846. The van der Waals surface area contributed by atoms with Crippen molar-refractivity contribution in [2.45, 2.75) is 18.9 Å². The summed E-state index contributed by atoms with van der Waals surface area (Å²) in [5.74, 6) is 1.14. The van der Waals surface area contributed by atoms with E-state index in [0.29, 0.717) is 5.75 Å². The van der Waals surface area contributed by atoms with Gasteiger partial charge in [0.1, 0.15) is 0 Å². The first-order valence-corrected chi connectivity index (χ1v) is 4.28. The molecule has 2 unspecified atom stereocenters. The first-order chi connectivity index (χ1) is 3.79. The molecule has 9 heavy (non-hydrogen) atoms. The molecule has 0 aromatic carbocycles. The van der Waals surface area contributed by atoms with Gasteiger partial charge in [0.25, 0.3) is 0 Å². The van der Waals surface area contributed by atoms with E-state index in [2.05, 4.69) is 0 Å². The van der Waals surface area contributed by atoms with Gasteiger partial charge in [-0.25, -0.2) is 0 Å². The summed E-state index contributed by atoms with van der Waals surface area (Å²) >= 11 is 0. The molecule has 2 atom stereocenters. The van der Waals surface area contributed by atoms with Crippen molar-refractivity contribution in [2.24, 2.45) is 0 Å². The third-order valence-electron chi connectivity index (χ3n) is 1.27. The zero-order valence-corrected chi connectivity index (χ0v) is 9.57. The molecule has 0 N–H and O–H groups in total. The van der Waals surface area contributed by atoms with Crippen LogP contribution in [0.5, 0.6) is 0 Å². The van der Waals surface area contributed by atoms with Gasteiger partial charge in [0.05, 0.1) is 0 Å². The van der Waals surface area contributed by atoms with E-state index >= 15 is 0 Å². The van der Waals surface area contributed by atoms with Gasteiger partial charge in [-0.1, -0.05) is 6.42 Å². The maximum atomic E-state index is 10.6. The second-order valence-electron chi connectivity index (χ2n) is 2.07. The molecule has 1 aliphatic rings. The Morgan fingerprint density at radius 2 is 2.22 bits per heavy atom. The van der Waals surface area contributed by atoms with Gasteiger partial charge in [0, 0.05) is 22.3 Å². The Balaban J connectivity index is 0.000000640. The third-order valence-corrected chi connectivity index (χ3v) is 2.76. The van der Waals surface area contributed by atoms with Crippen molar-refractivity contribution in [2.75, 3.05) is 11.5 Å². The Morgan fingerprint density at radius 3 is 2.56 bits per heavy atom. The van der Waals surface area contributed by atoms with Crippen LogP contribution in [0.1, 0.15) is 12.8 Å². The van der Waals surface area contributed by atoms with Crippen LogP contribution < -0.4 is 56.5 Å². The molecule has 0 bridgehead atoms. The van der Waals surface area contributed by atoms with Crippen molar-refractivity contribution in [3.05, 3.63) is 0 Å². The molecule has 0 aromatic rings. The fourth-order valence-corrected chi connectivity index (χ4v) is 2.08. The Kier molecular flexibility index (Phi) is 6.45. The molecule has 0 saturated carbocycles. The standard InChI is InChI=1S/C5H9O2S.K/c6-5-2-1-3-8(7)4-5;/h5H,1-4H2;/q-1;+1. The Bertz CT molecular complexity index is 107. The zero-order valence-electron chi connectivity index (χ0n) is 5.63. The summed E-state index contributed by atoms with van der Waals surface area (Å²) in [7, 11) is -0.783. The van der Waals surface area contributed by atoms with Crippen LogP contribution in [-0.2, 0) is 10.8 Å². The first-order valence-electron chi connectivity index (χ1n) is 2.80. The average molecular weight is 172 g/mol. The van der Waals surface area contributed by atoms with E-state index in [0.717, 1.165) is 18.6 Å². The predicted molar refractivity (Wildman–Crippen MR) is 30.9 cm³/mol. The number of rotatable bonds is 0. The van der Waals surface area contributed by atoms with Crippen molar-refractivity contribution in [1.29, 1.82) is 0 Å². The molecule has 0 aromatic heterocycles. The normalized spacial score (nSPS) is 35.2. The minimum Gasteiger partial charge on any atom is -0.851 e. The Morgan fingerprint density at radius 1 is 1.56 bits per heavy atom. The van der Waals surface area contributed by atoms with Crippen LogP contribution >= 0.6 is 0 Å². The number of hydrogen-bond acceptors (Lipinski definition) is 2. The molecule has 1 aliphatic heterocycles.